The summed E-state index contributed by atoms with van der Waals surface area (Å²) in [6, 6.07) is 12.1. The van der Waals surface area contributed by atoms with E-state index in [1.165, 1.54) is 6.07 Å². The van der Waals surface area contributed by atoms with Gasteiger partial charge in [0, 0.05) is 30.9 Å². The molecule has 0 radical (unpaired) electrons. The molecule has 0 fully saturated rings. The Labute approximate surface area is 111 Å². The summed E-state index contributed by atoms with van der Waals surface area (Å²) in [5.41, 5.74) is 1.48. The Morgan fingerprint density at radius 1 is 1.21 bits per heavy atom. The van der Waals surface area contributed by atoms with Gasteiger partial charge in [-0.05, 0) is 18.2 Å². The lowest BCUT2D eigenvalue weighted by atomic mass is 10.1. The smallest absolute Gasteiger partial charge is 0.165 e. The van der Waals surface area contributed by atoms with Crippen molar-refractivity contribution < 1.29 is 14.2 Å². The van der Waals surface area contributed by atoms with Crippen molar-refractivity contribution in [3.05, 3.63) is 53.8 Å². The van der Waals surface area contributed by atoms with Crippen molar-refractivity contribution in [2.45, 2.75) is 6.54 Å². The first kappa shape index (κ1) is 13.2. The molecule has 0 aliphatic heterocycles. The predicted octanol–water partition coefficient (Wildman–Crippen LogP) is 3.18. The van der Waals surface area contributed by atoms with Crippen LogP contribution in [-0.2, 0) is 6.54 Å². The number of benzene rings is 2. The van der Waals surface area contributed by atoms with Gasteiger partial charge in [-0.15, -0.1) is 0 Å². The Balaban J connectivity index is 2.20. The number of anilines is 1. The number of phenols is 1. The standard InChI is InChI=1S/C15H16FNO2/c1-17(12-6-4-7-13(9-12)19-2)10-11-5-3-8-14(16)15(11)18/h3-9,18H,10H2,1-2H3. The molecular formula is C15H16FNO2. The maximum absolute atomic E-state index is 13.3. The Hall–Kier alpha value is -2.23. The summed E-state index contributed by atoms with van der Waals surface area (Å²) in [5.74, 6) is -0.137. The van der Waals surface area contributed by atoms with Crippen LogP contribution < -0.4 is 9.64 Å². The van der Waals surface area contributed by atoms with Gasteiger partial charge in [-0.1, -0.05) is 18.2 Å². The highest BCUT2D eigenvalue weighted by Gasteiger charge is 2.09. The number of phenolic OH excluding ortho intramolecular Hbond substituents is 1. The van der Waals surface area contributed by atoms with Crippen molar-refractivity contribution in [2.24, 2.45) is 0 Å². The fourth-order valence-corrected chi connectivity index (χ4v) is 1.88. The van der Waals surface area contributed by atoms with Crippen molar-refractivity contribution in [3.8, 4) is 11.5 Å². The lowest BCUT2D eigenvalue weighted by Crippen LogP contribution is -2.16. The number of rotatable bonds is 4. The van der Waals surface area contributed by atoms with Crippen LogP contribution in [0.3, 0.4) is 0 Å². The number of halogens is 1. The monoisotopic (exact) mass is 261 g/mol. The van der Waals surface area contributed by atoms with Crippen LogP contribution in [0.15, 0.2) is 42.5 Å². The highest BCUT2D eigenvalue weighted by Crippen LogP contribution is 2.25. The summed E-state index contributed by atoms with van der Waals surface area (Å²) in [6.45, 7) is 0.413. The summed E-state index contributed by atoms with van der Waals surface area (Å²) in [5, 5.41) is 9.67. The second-order valence-electron chi connectivity index (χ2n) is 4.31. The van der Waals surface area contributed by atoms with E-state index in [4.69, 9.17) is 4.74 Å². The third kappa shape index (κ3) is 2.96. The maximum atomic E-state index is 13.3. The molecule has 0 unspecified atom stereocenters. The third-order valence-corrected chi connectivity index (χ3v) is 2.97. The molecule has 2 aromatic carbocycles. The van der Waals surface area contributed by atoms with Crippen LogP contribution in [0.2, 0.25) is 0 Å². The van der Waals surface area contributed by atoms with Gasteiger partial charge in [0.1, 0.15) is 5.75 Å². The van der Waals surface area contributed by atoms with Crippen LogP contribution in [0.5, 0.6) is 11.5 Å². The molecule has 0 atom stereocenters. The molecule has 19 heavy (non-hydrogen) atoms. The molecule has 0 saturated heterocycles. The van der Waals surface area contributed by atoms with Crippen molar-refractivity contribution in [3.63, 3.8) is 0 Å². The summed E-state index contributed by atoms with van der Waals surface area (Å²) in [4.78, 5) is 1.91. The minimum Gasteiger partial charge on any atom is -0.505 e. The first-order chi connectivity index (χ1) is 9.11. The number of methoxy groups -OCH3 is 1. The SMILES string of the molecule is COc1cccc(N(C)Cc2cccc(F)c2O)c1. The molecule has 0 amide bonds. The molecule has 3 nitrogen and oxygen atoms in total. The van der Waals surface area contributed by atoms with Gasteiger partial charge in [0.15, 0.2) is 11.6 Å². The van der Waals surface area contributed by atoms with Crippen LogP contribution in [-0.4, -0.2) is 19.3 Å². The molecule has 0 aromatic heterocycles. The molecule has 1 N–H and O–H groups in total. The summed E-state index contributed by atoms with van der Waals surface area (Å²) >= 11 is 0. The average Bonchev–Trinajstić information content (AvgIpc) is 2.44. The summed E-state index contributed by atoms with van der Waals surface area (Å²) in [7, 11) is 3.48. The van der Waals surface area contributed by atoms with Gasteiger partial charge in [0.2, 0.25) is 0 Å². The lowest BCUT2D eigenvalue weighted by molar-refractivity contribution is 0.414. The molecule has 0 saturated carbocycles. The van der Waals surface area contributed by atoms with E-state index in [1.54, 1.807) is 19.2 Å². The van der Waals surface area contributed by atoms with Crippen molar-refractivity contribution in [1.82, 2.24) is 0 Å². The van der Waals surface area contributed by atoms with Gasteiger partial charge in [-0.2, -0.15) is 0 Å². The maximum Gasteiger partial charge on any atom is 0.165 e. The van der Waals surface area contributed by atoms with E-state index in [9.17, 15) is 9.50 Å². The Morgan fingerprint density at radius 2 is 1.95 bits per heavy atom. The van der Waals surface area contributed by atoms with Gasteiger partial charge in [0.05, 0.1) is 7.11 Å². The number of para-hydroxylation sites is 1. The number of hydrogen-bond donors (Lipinski definition) is 1. The largest absolute Gasteiger partial charge is 0.505 e. The molecule has 100 valence electrons. The Bertz CT molecular complexity index is 572. The third-order valence-electron chi connectivity index (χ3n) is 2.97. The molecule has 0 heterocycles. The Morgan fingerprint density at radius 3 is 2.68 bits per heavy atom. The molecule has 0 spiro atoms. The molecule has 4 heteroatoms. The quantitative estimate of drug-likeness (QED) is 0.917. The number of ether oxygens (including phenoxy) is 1. The van der Waals surface area contributed by atoms with E-state index in [0.717, 1.165) is 11.4 Å². The molecule has 2 rings (SSSR count). The molecule has 2 aromatic rings. The van der Waals surface area contributed by atoms with Crippen LogP contribution in [0.1, 0.15) is 5.56 Å². The van der Waals surface area contributed by atoms with E-state index in [0.29, 0.717) is 12.1 Å². The van der Waals surface area contributed by atoms with Gasteiger partial charge in [-0.25, -0.2) is 4.39 Å². The zero-order valence-corrected chi connectivity index (χ0v) is 10.9. The number of hydrogen-bond acceptors (Lipinski definition) is 3. The fraction of sp³-hybridized carbons (Fsp3) is 0.200. The lowest BCUT2D eigenvalue weighted by Gasteiger charge is -2.20. The number of nitrogens with zero attached hydrogens (tertiary/aromatic N) is 1. The molecule has 0 aliphatic carbocycles. The Kier molecular flexibility index (Phi) is 3.90. The van der Waals surface area contributed by atoms with Crippen LogP contribution in [0.25, 0.3) is 0 Å². The van der Waals surface area contributed by atoms with Crippen LogP contribution in [0, 0.1) is 5.82 Å². The van der Waals surface area contributed by atoms with E-state index >= 15 is 0 Å². The topological polar surface area (TPSA) is 32.7 Å². The number of aromatic hydroxyl groups is 1. The van der Waals surface area contributed by atoms with Crippen molar-refractivity contribution in [2.75, 3.05) is 19.1 Å². The van der Waals surface area contributed by atoms with Crippen LogP contribution in [0.4, 0.5) is 10.1 Å². The van der Waals surface area contributed by atoms with Crippen molar-refractivity contribution in [1.29, 1.82) is 0 Å². The fourth-order valence-electron chi connectivity index (χ4n) is 1.88. The minimum absolute atomic E-state index is 0.294. The molecular weight excluding hydrogens is 245 g/mol. The van der Waals surface area contributed by atoms with E-state index in [-0.39, 0.29) is 5.75 Å². The highest BCUT2D eigenvalue weighted by atomic mass is 19.1. The van der Waals surface area contributed by atoms with Gasteiger partial charge >= 0.3 is 0 Å². The second-order valence-corrected chi connectivity index (χ2v) is 4.31. The highest BCUT2D eigenvalue weighted by molar-refractivity contribution is 5.51. The zero-order valence-electron chi connectivity index (χ0n) is 10.9. The minimum atomic E-state index is -0.600. The molecule has 0 aliphatic rings. The van der Waals surface area contributed by atoms with Crippen molar-refractivity contribution >= 4 is 5.69 Å². The molecule has 0 bridgehead atoms. The van der Waals surface area contributed by atoms with E-state index in [1.807, 2.05) is 36.2 Å². The summed E-state index contributed by atoms with van der Waals surface area (Å²) < 4.78 is 18.4. The normalized spacial score (nSPS) is 10.3. The van der Waals surface area contributed by atoms with Crippen LogP contribution >= 0.6 is 0 Å². The van der Waals surface area contributed by atoms with Gasteiger partial charge in [0.25, 0.3) is 0 Å². The predicted molar refractivity (Wildman–Crippen MR) is 73.2 cm³/mol. The zero-order chi connectivity index (χ0) is 13.8. The van der Waals surface area contributed by atoms with Gasteiger partial charge < -0.3 is 14.7 Å². The second kappa shape index (κ2) is 5.61. The van der Waals surface area contributed by atoms with E-state index in [2.05, 4.69) is 0 Å². The summed E-state index contributed by atoms with van der Waals surface area (Å²) in [6.07, 6.45) is 0. The first-order valence-corrected chi connectivity index (χ1v) is 5.93. The van der Waals surface area contributed by atoms with Gasteiger partial charge in [-0.3, -0.25) is 0 Å². The van der Waals surface area contributed by atoms with E-state index < -0.39 is 5.82 Å². The average molecular weight is 261 g/mol. The first-order valence-electron chi connectivity index (χ1n) is 5.93.